The normalized spacial score (nSPS) is 14.2. The van der Waals surface area contributed by atoms with Crippen molar-refractivity contribution < 1.29 is 0 Å². The second-order valence-corrected chi connectivity index (χ2v) is 5.17. The van der Waals surface area contributed by atoms with Crippen LogP contribution < -0.4 is 5.73 Å². The third kappa shape index (κ3) is 1.73. The molecule has 5 nitrogen and oxygen atoms in total. The van der Waals surface area contributed by atoms with Crippen LogP contribution in [0.1, 0.15) is 39.3 Å². The van der Waals surface area contributed by atoms with Gasteiger partial charge < -0.3 is 5.73 Å². The number of anilines is 1. The van der Waals surface area contributed by atoms with Gasteiger partial charge in [-0.25, -0.2) is 4.98 Å². The Labute approximate surface area is 94.7 Å². The number of rotatable bonds is 1. The number of hydrogen-bond acceptors (Lipinski definition) is 4. The van der Waals surface area contributed by atoms with Gasteiger partial charge >= 0.3 is 0 Å². The Morgan fingerprint density at radius 2 is 2.06 bits per heavy atom. The summed E-state index contributed by atoms with van der Waals surface area (Å²) in [6.45, 7) is 8.70. The van der Waals surface area contributed by atoms with Crippen molar-refractivity contribution in [2.75, 3.05) is 5.73 Å². The van der Waals surface area contributed by atoms with Crippen molar-refractivity contribution in [3.05, 3.63) is 18.1 Å². The third-order valence-corrected chi connectivity index (χ3v) is 3.04. The van der Waals surface area contributed by atoms with E-state index in [-0.39, 0.29) is 5.41 Å². The molecular formula is C11H17N5. The first-order chi connectivity index (χ1) is 7.39. The van der Waals surface area contributed by atoms with E-state index >= 15 is 0 Å². The molecule has 0 amide bonds. The summed E-state index contributed by atoms with van der Waals surface area (Å²) in [6, 6.07) is 1.87. The molecule has 0 aliphatic rings. The largest absolute Gasteiger partial charge is 0.383 e. The Hall–Kier alpha value is -1.65. The Balaban J connectivity index is 2.54. The zero-order chi connectivity index (χ0) is 11.9. The molecule has 0 spiro atoms. The van der Waals surface area contributed by atoms with Crippen molar-refractivity contribution >= 4 is 11.6 Å². The van der Waals surface area contributed by atoms with Crippen LogP contribution in [0, 0.1) is 5.41 Å². The molecule has 0 saturated carbocycles. The van der Waals surface area contributed by atoms with Crippen LogP contribution in [0.15, 0.2) is 12.4 Å². The first kappa shape index (κ1) is 10.9. The third-order valence-electron chi connectivity index (χ3n) is 3.04. The summed E-state index contributed by atoms with van der Waals surface area (Å²) in [5.74, 6) is 1.45. The average molecular weight is 219 g/mol. The summed E-state index contributed by atoms with van der Waals surface area (Å²) in [4.78, 5) is 8.54. The van der Waals surface area contributed by atoms with E-state index in [9.17, 15) is 0 Å². The molecular weight excluding hydrogens is 202 g/mol. The number of hydrogen-bond donors (Lipinski definition) is 1. The van der Waals surface area contributed by atoms with Crippen molar-refractivity contribution in [2.45, 2.75) is 33.6 Å². The highest BCUT2D eigenvalue weighted by Crippen LogP contribution is 2.33. The molecule has 86 valence electrons. The lowest BCUT2D eigenvalue weighted by molar-refractivity contribution is 0.334. The van der Waals surface area contributed by atoms with Crippen molar-refractivity contribution in [1.82, 2.24) is 19.6 Å². The van der Waals surface area contributed by atoms with Gasteiger partial charge in [-0.05, 0) is 5.41 Å². The number of nitrogens with zero attached hydrogens (tertiary/aromatic N) is 4. The number of nitrogen functional groups attached to an aromatic ring is 1. The van der Waals surface area contributed by atoms with Gasteiger partial charge in [-0.3, -0.25) is 0 Å². The minimum atomic E-state index is 0.151. The number of aromatic nitrogens is 4. The smallest absolute Gasteiger partial charge is 0.254 e. The van der Waals surface area contributed by atoms with E-state index in [2.05, 4.69) is 42.8 Å². The van der Waals surface area contributed by atoms with E-state index in [0.29, 0.717) is 17.5 Å². The Morgan fingerprint density at radius 1 is 1.38 bits per heavy atom. The maximum Gasteiger partial charge on any atom is 0.254 e. The van der Waals surface area contributed by atoms with Gasteiger partial charge in [0.1, 0.15) is 12.1 Å². The lowest BCUT2D eigenvalue weighted by Gasteiger charge is -2.26. The van der Waals surface area contributed by atoms with E-state index < -0.39 is 0 Å². The molecule has 0 unspecified atom stereocenters. The van der Waals surface area contributed by atoms with E-state index in [1.165, 1.54) is 6.33 Å². The van der Waals surface area contributed by atoms with E-state index in [1.54, 1.807) is 4.52 Å². The van der Waals surface area contributed by atoms with Crippen LogP contribution in [0.25, 0.3) is 5.78 Å². The molecule has 1 atom stereocenters. The quantitative estimate of drug-likeness (QED) is 0.794. The molecule has 2 rings (SSSR count). The first-order valence-corrected chi connectivity index (χ1v) is 5.36. The van der Waals surface area contributed by atoms with Gasteiger partial charge in [0.2, 0.25) is 0 Å². The Bertz CT molecular complexity index is 509. The summed E-state index contributed by atoms with van der Waals surface area (Å²) >= 11 is 0. The minimum Gasteiger partial charge on any atom is -0.383 e. The van der Waals surface area contributed by atoms with Gasteiger partial charge in [0.15, 0.2) is 0 Å². The predicted molar refractivity (Wildman–Crippen MR) is 63.1 cm³/mol. The summed E-state index contributed by atoms with van der Waals surface area (Å²) < 4.78 is 1.54. The fraction of sp³-hybridized carbons (Fsp3) is 0.545. The zero-order valence-electron chi connectivity index (χ0n) is 10.1. The minimum absolute atomic E-state index is 0.151. The van der Waals surface area contributed by atoms with Crippen molar-refractivity contribution in [1.29, 1.82) is 0 Å². The molecule has 0 aromatic carbocycles. The molecule has 2 aromatic rings. The summed E-state index contributed by atoms with van der Waals surface area (Å²) in [6.07, 6.45) is 1.46. The fourth-order valence-electron chi connectivity index (χ4n) is 1.52. The highest BCUT2D eigenvalue weighted by atomic mass is 15.3. The van der Waals surface area contributed by atoms with Crippen LogP contribution in [0.3, 0.4) is 0 Å². The summed E-state index contributed by atoms with van der Waals surface area (Å²) in [5.41, 5.74) is 7.02. The van der Waals surface area contributed by atoms with Gasteiger partial charge in [0, 0.05) is 12.0 Å². The van der Waals surface area contributed by atoms with Crippen LogP contribution in [0.5, 0.6) is 0 Å². The van der Waals surface area contributed by atoms with Crippen LogP contribution in [0.2, 0.25) is 0 Å². The van der Waals surface area contributed by atoms with Gasteiger partial charge in [-0.1, -0.05) is 27.7 Å². The second kappa shape index (κ2) is 3.43. The molecule has 2 aromatic heterocycles. The molecule has 0 bridgehead atoms. The summed E-state index contributed by atoms with van der Waals surface area (Å²) in [7, 11) is 0. The maximum absolute atomic E-state index is 5.90. The monoisotopic (exact) mass is 219 g/mol. The van der Waals surface area contributed by atoms with Gasteiger partial charge in [0.05, 0.1) is 5.69 Å². The molecule has 0 saturated heterocycles. The van der Waals surface area contributed by atoms with Crippen molar-refractivity contribution in [3.63, 3.8) is 0 Å². The van der Waals surface area contributed by atoms with Crippen LogP contribution in [-0.4, -0.2) is 19.6 Å². The predicted octanol–water partition coefficient (Wildman–Crippen LogP) is 1.86. The topological polar surface area (TPSA) is 69.1 Å². The molecule has 16 heavy (non-hydrogen) atoms. The van der Waals surface area contributed by atoms with Crippen LogP contribution in [0.4, 0.5) is 5.82 Å². The van der Waals surface area contributed by atoms with Crippen molar-refractivity contribution in [2.24, 2.45) is 5.41 Å². The standard InChI is InChI=1S/C11H17N5/c1-7(11(2,3)4)8-5-9(12)16-10(15-8)13-6-14-16/h5-7H,12H2,1-4H3/t7-/m0/s1. The van der Waals surface area contributed by atoms with Crippen molar-refractivity contribution in [3.8, 4) is 0 Å². The molecule has 2 heterocycles. The fourth-order valence-corrected chi connectivity index (χ4v) is 1.52. The maximum atomic E-state index is 5.90. The van der Waals surface area contributed by atoms with Gasteiger partial charge in [-0.2, -0.15) is 14.6 Å². The van der Waals surface area contributed by atoms with Crippen LogP contribution >= 0.6 is 0 Å². The highest BCUT2D eigenvalue weighted by Gasteiger charge is 2.23. The highest BCUT2D eigenvalue weighted by molar-refractivity contribution is 5.42. The first-order valence-electron chi connectivity index (χ1n) is 5.36. The molecule has 0 aliphatic heterocycles. The van der Waals surface area contributed by atoms with Crippen LogP contribution in [-0.2, 0) is 0 Å². The zero-order valence-corrected chi connectivity index (χ0v) is 10.1. The SMILES string of the molecule is C[C@@H](c1cc(N)n2ncnc2n1)C(C)(C)C. The number of fused-ring (bicyclic) bond motifs is 1. The lowest BCUT2D eigenvalue weighted by atomic mass is 9.80. The lowest BCUT2D eigenvalue weighted by Crippen LogP contribution is -2.17. The molecule has 0 radical (unpaired) electrons. The van der Waals surface area contributed by atoms with E-state index in [0.717, 1.165) is 5.69 Å². The van der Waals surface area contributed by atoms with E-state index in [1.807, 2.05) is 6.07 Å². The molecule has 0 aliphatic carbocycles. The molecule has 2 N–H and O–H groups in total. The Kier molecular flexibility index (Phi) is 2.33. The second-order valence-electron chi connectivity index (χ2n) is 5.17. The number of nitrogens with two attached hydrogens (primary N) is 1. The summed E-state index contributed by atoms with van der Waals surface area (Å²) in [5, 5.41) is 4.00. The Morgan fingerprint density at radius 3 is 2.69 bits per heavy atom. The molecule has 5 heteroatoms. The molecule has 0 fully saturated rings. The van der Waals surface area contributed by atoms with E-state index in [4.69, 9.17) is 5.73 Å². The van der Waals surface area contributed by atoms with Gasteiger partial charge in [-0.15, -0.1) is 0 Å². The van der Waals surface area contributed by atoms with Gasteiger partial charge in [0.25, 0.3) is 5.78 Å². The average Bonchev–Trinajstić information content (AvgIpc) is 2.63.